The summed E-state index contributed by atoms with van der Waals surface area (Å²) in [6.45, 7) is -0.537. The molecule has 3 rings (SSSR count). The number of aliphatic imine (C=N–C) groups is 1. The third kappa shape index (κ3) is 2.55. The first-order chi connectivity index (χ1) is 10.5. The summed E-state index contributed by atoms with van der Waals surface area (Å²) >= 11 is 6.41. The number of aliphatic hydroxyl groups is 4. The molecule has 1 saturated heterocycles. The van der Waals surface area contributed by atoms with Crippen molar-refractivity contribution in [1.29, 1.82) is 0 Å². The van der Waals surface area contributed by atoms with Gasteiger partial charge < -0.3 is 29.9 Å². The summed E-state index contributed by atoms with van der Waals surface area (Å²) in [6.07, 6.45) is -5.52. The first-order valence-corrected chi connectivity index (χ1v) is 7.16. The molecule has 0 spiro atoms. The Kier molecular flexibility index (Phi) is 4.21. The lowest BCUT2D eigenvalue weighted by molar-refractivity contribution is -0.311. The molecule has 0 saturated carbocycles. The third-order valence-corrected chi connectivity index (χ3v) is 4.17. The monoisotopic (exact) mass is 329 g/mol. The van der Waals surface area contributed by atoms with Crippen LogP contribution in [0.1, 0.15) is 5.56 Å². The van der Waals surface area contributed by atoms with Gasteiger partial charge in [0.05, 0.1) is 18.5 Å². The third-order valence-electron chi connectivity index (χ3n) is 3.78. The van der Waals surface area contributed by atoms with Gasteiger partial charge in [0.1, 0.15) is 24.4 Å². The van der Waals surface area contributed by atoms with Crippen LogP contribution in [0.2, 0.25) is 0 Å². The van der Waals surface area contributed by atoms with Crippen LogP contribution in [0.3, 0.4) is 0 Å². The van der Waals surface area contributed by atoms with Crippen molar-refractivity contribution in [1.82, 2.24) is 0 Å². The summed E-state index contributed by atoms with van der Waals surface area (Å²) in [6, 6.07) is 7.04. The Morgan fingerprint density at radius 3 is 2.64 bits per heavy atom. The summed E-state index contributed by atoms with van der Waals surface area (Å²) in [5, 5.41) is 37.2. The zero-order valence-electron chi connectivity index (χ0n) is 11.4. The second kappa shape index (κ2) is 5.86. The van der Waals surface area contributed by atoms with E-state index in [1.54, 1.807) is 24.3 Å². The van der Waals surface area contributed by atoms with Crippen molar-refractivity contribution in [3.8, 4) is 0 Å². The molecule has 2 aliphatic heterocycles. The molecule has 0 amide bonds. The zero-order chi connectivity index (χ0) is 15.9. The molecule has 2 aliphatic rings. The van der Waals surface area contributed by atoms with Gasteiger partial charge >= 0.3 is 0 Å². The van der Waals surface area contributed by atoms with E-state index >= 15 is 0 Å². The van der Waals surface area contributed by atoms with E-state index < -0.39 is 42.4 Å². The molecule has 1 unspecified atom stereocenters. The number of alkyl halides is 1. The van der Waals surface area contributed by atoms with Crippen molar-refractivity contribution >= 4 is 23.5 Å². The minimum absolute atomic E-state index is 0.537. The lowest BCUT2D eigenvalue weighted by Gasteiger charge is -2.41. The molecular formula is C14H16ClNO6. The van der Waals surface area contributed by atoms with Crippen molar-refractivity contribution < 1.29 is 29.9 Å². The van der Waals surface area contributed by atoms with Crippen molar-refractivity contribution in [2.75, 3.05) is 6.61 Å². The Balaban J connectivity index is 1.82. The van der Waals surface area contributed by atoms with E-state index in [1.165, 1.54) is 6.21 Å². The van der Waals surface area contributed by atoms with Gasteiger partial charge in [-0.1, -0.05) is 29.8 Å². The SMILES string of the molecule is OC[C@H]1O[C@@H](OC2(Cl)C=Nc3ccccc32)[C@H](O)[C@@H](O)[C@H]1O. The molecule has 4 N–H and O–H groups in total. The lowest BCUT2D eigenvalue weighted by Crippen LogP contribution is -2.60. The zero-order valence-corrected chi connectivity index (χ0v) is 12.2. The molecule has 22 heavy (non-hydrogen) atoms. The molecule has 6 atom stereocenters. The van der Waals surface area contributed by atoms with Crippen molar-refractivity contribution in [3.05, 3.63) is 29.8 Å². The number of fused-ring (bicyclic) bond motifs is 1. The van der Waals surface area contributed by atoms with Gasteiger partial charge in [-0.25, -0.2) is 0 Å². The predicted octanol–water partition coefficient (Wildman–Crippen LogP) is -0.389. The quantitative estimate of drug-likeness (QED) is 0.562. The van der Waals surface area contributed by atoms with Gasteiger partial charge in [-0.05, 0) is 6.07 Å². The molecule has 8 heteroatoms. The number of aliphatic hydroxyl groups excluding tert-OH is 4. The van der Waals surface area contributed by atoms with E-state index in [2.05, 4.69) is 4.99 Å². The van der Waals surface area contributed by atoms with Gasteiger partial charge in [-0.3, -0.25) is 4.99 Å². The van der Waals surface area contributed by atoms with Crippen molar-refractivity contribution in [2.45, 2.75) is 35.8 Å². The average molecular weight is 330 g/mol. The van der Waals surface area contributed by atoms with Crippen LogP contribution in [0.15, 0.2) is 29.3 Å². The van der Waals surface area contributed by atoms with Gasteiger partial charge in [0.25, 0.3) is 0 Å². The Hall–Kier alpha value is -1.06. The first-order valence-electron chi connectivity index (χ1n) is 6.78. The fourth-order valence-corrected chi connectivity index (χ4v) is 2.82. The maximum absolute atomic E-state index is 10.00. The highest BCUT2D eigenvalue weighted by Crippen LogP contribution is 2.42. The Morgan fingerprint density at radius 2 is 1.91 bits per heavy atom. The summed E-state index contributed by atoms with van der Waals surface area (Å²) in [5.74, 6) is 0. The van der Waals surface area contributed by atoms with E-state index in [4.69, 9.17) is 21.1 Å². The second-order valence-corrected chi connectivity index (χ2v) is 5.80. The van der Waals surface area contributed by atoms with E-state index in [0.29, 0.717) is 11.3 Å². The number of halogens is 1. The van der Waals surface area contributed by atoms with Gasteiger partial charge in [-0.2, -0.15) is 0 Å². The Labute approximate surface area is 131 Å². The summed E-state index contributed by atoms with van der Waals surface area (Å²) in [4.78, 5) is 4.14. The largest absolute Gasteiger partial charge is 0.394 e. The molecule has 0 radical (unpaired) electrons. The molecular weight excluding hydrogens is 314 g/mol. The molecule has 0 aliphatic carbocycles. The standard InChI is InChI=1S/C14H16ClNO6/c15-14(6-16-8-4-2-1-3-7(8)14)22-13-12(20)11(19)10(18)9(5-17)21-13/h1-4,6,9-13,17-20H,5H2/t9-,10+,11+,12-,13+,14?/m1/s1. The van der Waals surface area contributed by atoms with Gasteiger partial charge in [0, 0.05) is 5.56 Å². The summed E-state index contributed by atoms with van der Waals surface area (Å²) in [5.41, 5.74) is 1.20. The van der Waals surface area contributed by atoms with Crippen LogP contribution in [0, 0.1) is 0 Å². The van der Waals surface area contributed by atoms with Crippen LogP contribution in [0.25, 0.3) is 0 Å². The molecule has 0 bridgehead atoms. The van der Waals surface area contributed by atoms with E-state index in [0.717, 1.165) is 0 Å². The van der Waals surface area contributed by atoms with E-state index in [9.17, 15) is 20.4 Å². The number of ether oxygens (including phenoxy) is 2. The van der Waals surface area contributed by atoms with E-state index in [1.807, 2.05) is 0 Å². The van der Waals surface area contributed by atoms with Crippen molar-refractivity contribution in [2.24, 2.45) is 4.99 Å². The van der Waals surface area contributed by atoms with Crippen LogP contribution >= 0.6 is 11.6 Å². The molecule has 1 aromatic rings. The maximum atomic E-state index is 10.00. The molecule has 120 valence electrons. The first kappa shape index (κ1) is 15.8. The minimum Gasteiger partial charge on any atom is -0.394 e. The fraction of sp³-hybridized carbons (Fsp3) is 0.500. The van der Waals surface area contributed by atoms with Crippen LogP contribution in [-0.4, -0.2) is 64.0 Å². The fourth-order valence-electron chi connectivity index (χ4n) is 2.52. The average Bonchev–Trinajstić information content (AvgIpc) is 2.86. The highest BCUT2D eigenvalue weighted by atomic mass is 35.5. The van der Waals surface area contributed by atoms with Crippen LogP contribution in [0.4, 0.5) is 5.69 Å². The number of para-hydroxylation sites is 1. The predicted molar refractivity (Wildman–Crippen MR) is 77.0 cm³/mol. The normalized spacial score (nSPS) is 40.7. The van der Waals surface area contributed by atoms with Crippen LogP contribution < -0.4 is 0 Å². The Morgan fingerprint density at radius 1 is 1.18 bits per heavy atom. The molecule has 1 aromatic carbocycles. The number of hydrogen-bond donors (Lipinski definition) is 4. The second-order valence-electron chi connectivity index (χ2n) is 5.24. The van der Waals surface area contributed by atoms with Gasteiger partial charge in [0.2, 0.25) is 5.06 Å². The molecule has 2 heterocycles. The number of hydrogen-bond acceptors (Lipinski definition) is 7. The lowest BCUT2D eigenvalue weighted by atomic mass is 9.99. The van der Waals surface area contributed by atoms with Gasteiger partial charge in [-0.15, -0.1) is 0 Å². The topological polar surface area (TPSA) is 112 Å². The summed E-state index contributed by atoms with van der Waals surface area (Å²) in [7, 11) is 0. The number of nitrogens with zero attached hydrogens (tertiary/aromatic N) is 1. The smallest absolute Gasteiger partial charge is 0.208 e. The molecule has 7 nitrogen and oxygen atoms in total. The van der Waals surface area contributed by atoms with Crippen LogP contribution in [0.5, 0.6) is 0 Å². The van der Waals surface area contributed by atoms with Gasteiger partial charge in [0.15, 0.2) is 6.29 Å². The highest BCUT2D eigenvalue weighted by Gasteiger charge is 2.48. The Bertz CT molecular complexity index is 582. The highest BCUT2D eigenvalue weighted by molar-refractivity contribution is 6.32. The van der Waals surface area contributed by atoms with E-state index in [-0.39, 0.29) is 0 Å². The number of rotatable bonds is 3. The maximum Gasteiger partial charge on any atom is 0.208 e. The minimum atomic E-state index is -1.52. The molecule has 1 fully saturated rings. The molecule has 0 aromatic heterocycles. The van der Waals surface area contributed by atoms with Crippen LogP contribution in [-0.2, 0) is 14.5 Å². The number of benzene rings is 1. The summed E-state index contributed by atoms with van der Waals surface area (Å²) < 4.78 is 10.9. The van der Waals surface area contributed by atoms with Crippen molar-refractivity contribution in [3.63, 3.8) is 0 Å².